The Morgan fingerprint density at radius 2 is 2.20 bits per heavy atom. The molecule has 1 N–H and O–H groups in total. The molecule has 90 valence electrons. The minimum atomic E-state index is 0.137. The van der Waals surface area contributed by atoms with Gasteiger partial charge in [-0.2, -0.15) is 0 Å². The van der Waals surface area contributed by atoms with Gasteiger partial charge in [-0.25, -0.2) is 0 Å². The first kappa shape index (κ1) is 12.9. The summed E-state index contributed by atoms with van der Waals surface area (Å²) in [5.74, 6) is 0.698. The van der Waals surface area contributed by atoms with E-state index in [0.29, 0.717) is 12.5 Å². The van der Waals surface area contributed by atoms with Crippen LogP contribution >= 0.6 is 0 Å². The van der Waals surface area contributed by atoms with E-state index in [1.165, 1.54) is 0 Å². The lowest BCUT2D eigenvalue weighted by molar-refractivity contribution is -0.119. The molecular formula is C11H24N2O2. The lowest BCUT2D eigenvalue weighted by Gasteiger charge is -2.38. The summed E-state index contributed by atoms with van der Waals surface area (Å²) < 4.78 is 11.0. The highest BCUT2D eigenvalue weighted by atomic mass is 16.5. The number of methoxy groups -OCH3 is 1. The molecule has 1 aliphatic heterocycles. The van der Waals surface area contributed by atoms with E-state index < -0.39 is 0 Å². The molecule has 0 bridgehead atoms. The fourth-order valence-corrected chi connectivity index (χ4v) is 2.02. The number of rotatable bonds is 5. The van der Waals surface area contributed by atoms with Crippen molar-refractivity contribution in [3.63, 3.8) is 0 Å². The zero-order valence-electron chi connectivity index (χ0n) is 10.3. The summed E-state index contributed by atoms with van der Waals surface area (Å²) in [6.07, 6.45) is 0.331. The minimum Gasteiger partial charge on any atom is -0.382 e. The van der Waals surface area contributed by atoms with Gasteiger partial charge < -0.3 is 9.47 Å². The minimum absolute atomic E-state index is 0.137. The molecule has 0 aromatic carbocycles. The van der Waals surface area contributed by atoms with Crippen LogP contribution in [0.15, 0.2) is 0 Å². The smallest absolute Gasteiger partial charge is 0.121 e. The predicted molar refractivity (Wildman–Crippen MR) is 60.9 cm³/mol. The van der Waals surface area contributed by atoms with Gasteiger partial charge in [0.15, 0.2) is 0 Å². The summed E-state index contributed by atoms with van der Waals surface area (Å²) in [6.45, 7) is 8.23. The summed E-state index contributed by atoms with van der Waals surface area (Å²) >= 11 is 0. The fourth-order valence-electron chi connectivity index (χ4n) is 2.02. The highest BCUT2D eigenvalue weighted by Gasteiger charge is 2.26. The predicted octanol–water partition coefficient (Wildman–Crippen LogP) is 0.535. The molecule has 0 spiro atoms. The second kappa shape index (κ2) is 6.43. The molecule has 15 heavy (non-hydrogen) atoms. The van der Waals surface area contributed by atoms with Crippen LogP contribution in [-0.4, -0.2) is 57.6 Å². The van der Waals surface area contributed by atoms with E-state index in [-0.39, 0.29) is 12.3 Å². The largest absolute Gasteiger partial charge is 0.382 e. The number of morpholine rings is 1. The molecule has 1 heterocycles. The maximum Gasteiger partial charge on any atom is 0.121 e. The maximum absolute atomic E-state index is 5.81. The van der Waals surface area contributed by atoms with Crippen LogP contribution in [0, 0.1) is 5.92 Å². The van der Waals surface area contributed by atoms with Crippen molar-refractivity contribution in [3.8, 4) is 0 Å². The van der Waals surface area contributed by atoms with Gasteiger partial charge in [0.1, 0.15) is 6.23 Å². The highest BCUT2D eigenvalue weighted by Crippen LogP contribution is 2.11. The summed E-state index contributed by atoms with van der Waals surface area (Å²) in [7, 11) is 3.66. The lowest BCUT2D eigenvalue weighted by Crippen LogP contribution is -2.54. The molecule has 4 nitrogen and oxygen atoms in total. The molecule has 1 unspecified atom stereocenters. The standard InChI is InChI=1S/C11H24N2O2/c1-9(2)5-13-6-10(8-14-4)15-11(7-13)12-3/h9-12H,5-8H2,1-4H3/t10?,11-/m1/s1. The van der Waals surface area contributed by atoms with Crippen molar-refractivity contribution in [3.05, 3.63) is 0 Å². The average molecular weight is 216 g/mol. The normalized spacial score (nSPS) is 28.6. The Hall–Kier alpha value is -0.160. The summed E-state index contributed by atoms with van der Waals surface area (Å²) in [5.41, 5.74) is 0. The molecule has 0 saturated carbocycles. The lowest BCUT2D eigenvalue weighted by atomic mass is 10.1. The Morgan fingerprint density at radius 1 is 1.47 bits per heavy atom. The van der Waals surface area contributed by atoms with Gasteiger partial charge in [0, 0.05) is 26.7 Å². The topological polar surface area (TPSA) is 33.7 Å². The second-order valence-electron chi connectivity index (χ2n) is 4.60. The third-order valence-corrected chi connectivity index (χ3v) is 2.54. The molecular weight excluding hydrogens is 192 g/mol. The Bertz CT molecular complexity index is 176. The Kier molecular flexibility index (Phi) is 5.53. The van der Waals surface area contributed by atoms with Crippen LogP contribution in [-0.2, 0) is 9.47 Å². The van der Waals surface area contributed by atoms with Crippen LogP contribution in [0.1, 0.15) is 13.8 Å². The number of hydrogen-bond donors (Lipinski definition) is 1. The molecule has 2 atom stereocenters. The van der Waals surface area contributed by atoms with E-state index in [1.807, 2.05) is 7.05 Å². The van der Waals surface area contributed by atoms with Crippen LogP contribution < -0.4 is 5.32 Å². The van der Waals surface area contributed by atoms with E-state index >= 15 is 0 Å². The first-order chi connectivity index (χ1) is 7.15. The molecule has 0 aromatic heterocycles. The number of likely N-dealkylation sites (N-methyl/N-ethyl adjacent to an activating group) is 1. The molecule has 0 radical (unpaired) electrons. The summed E-state index contributed by atoms with van der Waals surface area (Å²) in [6, 6.07) is 0. The van der Waals surface area contributed by atoms with Crippen molar-refractivity contribution in [1.29, 1.82) is 0 Å². The van der Waals surface area contributed by atoms with Gasteiger partial charge in [-0.05, 0) is 13.0 Å². The van der Waals surface area contributed by atoms with E-state index in [0.717, 1.165) is 19.6 Å². The fraction of sp³-hybridized carbons (Fsp3) is 1.00. The Balaban J connectivity index is 2.43. The maximum atomic E-state index is 5.81. The van der Waals surface area contributed by atoms with Crippen LogP contribution in [0.4, 0.5) is 0 Å². The first-order valence-electron chi connectivity index (χ1n) is 5.69. The zero-order chi connectivity index (χ0) is 11.3. The first-order valence-corrected chi connectivity index (χ1v) is 5.69. The van der Waals surface area contributed by atoms with Gasteiger partial charge in [-0.1, -0.05) is 13.8 Å². The average Bonchev–Trinajstić information content (AvgIpc) is 2.16. The van der Waals surface area contributed by atoms with Gasteiger partial charge in [0.25, 0.3) is 0 Å². The van der Waals surface area contributed by atoms with Crippen LogP contribution in [0.3, 0.4) is 0 Å². The molecule has 1 saturated heterocycles. The van der Waals surface area contributed by atoms with Gasteiger partial charge in [-0.15, -0.1) is 0 Å². The highest BCUT2D eigenvalue weighted by molar-refractivity contribution is 4.76. The molecule has 1 fully saturated rings. The van der Waals surface area contributed by atoms with Crippen molar-refractivity contribution < 1.29 is 9.47 Å². The number of ether oxygens (including phenoxy) is 2. The SMILES string of the molecule is CN[C@H]1CN(CC(C)C)CC(COC)O1. The van der Waals surface area contributed by atoms with Crippen molar-refractivity contribution >= 4 is 0 Å². The molecule has 0 amide bonds. The van der Waals surface area contributed by atoms with Crippen LogP contribution in [0.25, 0.3) is 0 Å². The second-order valence-corrected chi connectivity index (χ2v) is 4.60. The summed E-state index contributed by atoms with van der Waals surface area (Å²) in [5, 5.41) is 3.18. The van der Waals surface area contributed by atoms with Gasteiger partial charge >= 0.3 is 0 Å². The van der Waals surface area contributed by atoms with E-state index in [9.17, 15) is 0 Å². The Morgan fingerprint density at radius 3 is 2.73 bits per heavy atom. The Labute approximate surface area is 92.9 Å². The third-order valence-electron chi connectivity index (χ3n) is 2.54. The van der Waals surface area contributed by atoms with Crippen molar-refractivity contribution in [2.75, 3.05) is 40.4 Å². The molecule has 1 aliphatic rings. The third kappa shape index (κ3) is 4.47. The van der Waals surface area contributed by atoms with Crippen molar-refractivity contribution in [2.24, 2.45) is 5.92 Å². The molecule has 1 rings (SSSR count). The number of nitrogens with zero attached hydrogens (tertiary/aromatic N) is 1. The van der Waals surface area contributed by atoms with Gasteiger partial charge in [0.2, 0.25) is 0 Å². The van der Waals surface area contributed by atoms with Gasteiger partial charge in [-0.3, -0.25) is 10.2 Å². The van der Waals surface area contributed by atoms with E-state index in [4.69, 9.17) is 9.47 Å². The van der Waals surface area contributed by atoms with Crippen molar-refractivity contribution in [1.82, 2.24) is 10.2 Å². The number of nitrogens with one attached hydrogen (secondary N) is 1. The van der Waals surface area contributed by atoms with Crippen LogP contribution in [0.5, 0.6) is 0 Å². The zero-order valence-corrected chi connectivity index (χ0v) is 10.3. The van der Waals surface area contributed by atoms with Crippen molar-refractivity contribution in [2.45, 2.75) is 26.2 Å². The molecule has 4 heteroatoms. The van der Waals surface area contributed by atoms with E-state index in [1.54, 1.807) is 7.11 Å². The summed E-state index contributed by atoms with van der Waals surface area (Å²) in [4.78, 5) is 2.44. The van der Waals surface area contributed by atoms with Gasteiger partial charge in [0.05, 0.1) is 12.7 Å². The molecule has 0 aliphatic carbocycles. The van der Waals surface area contributed by atoms with Crippen LogP contribution in [0.2, 0.25) is 0 Å². The quantitative estimate of drug-likeness (QED) is 0.727. The monoisotopic (exact) mass is 216 g/mol. The molecule has 0 aromatic rings. The van der Waals surface area contributed by atoms with E-state index in [2.05, 4.69) is 24.1 Å². The number of hydrogen-bond acceptors (Lipinski definition) is 4.